The average Bonchev–Trinajstić information content (AvgIpc) is 3.04. The van der Waals surface area contributed by atoms with Crippen molar-refractivity contribution in [3.8, 4) is 0 Å². The van der Waals surface area contributed by atoms with E-state index in [0.29, 0.717) is 11.8 Å². The number of nitrogens with one attached hydrogen (secondary N) is 1. The highest BCUT2D eigenvalue weighted by atomic mass is 35.5. The second kappa shape index (κ2) is 5.64. The Morgan fingerprint density at radius 1 is 1.29 bits per heavy atom. The quantitative estimate of drug-likeness (QED) is 0.453. The number of hydrogen-bond acceptors (Lipinski definition) is 3. The van der Waals surface area contributed by atoms with Crippen molar-refractivity contribution in [1.29, 1.82) is 0 Å². The number of rotatable bonds is 2. The predicted octanol–water partition coefficient (Wildman–Crippen LogP) is 5.38. The fraction of sp³-hybridized carbons (Fsp3) is 0.263. The van der Waals surface area contributed by atoms with Gasteiger partial charge in [-0.1, -0.05) is 35.9 Å². The Kier molecular flexibility index (Phi) is 3.57. The average molecular weight is 341 g/mol. The molecule has 5 heteroatoms. The number of hydrogen-bond donors (Lipinski definition) is 1. The Hall–Kier alpha value is -2.33. The highest BCUT2D eigenvalue weighted by Crippen LogP contribution is 2.51. The molecule has 1 aliphatic heterocycles. The van der Waals surface area contributed by atoms with E-state index in [1.54, 1.807) is 12.1 Å². The first kappa shape index (κ1) is 15.2. The van der Waals surface area contributed by atoms with Crippen LogP contribution in [-0.2, 0) is 0 Å². The fourth-order valence-electron chi connectivity index (χ4n) is 4.00. The summed E-state index contributed by atoms with van der Waals surface area (Å²) in [5.41, 5.74) is 4.52. The third-order valence-electron chi connectivity index (χ3n) is 5.07. The summed E-state index contributed by atoms with van der Waals surface area (Å²) >= 11 is 6.25. The zero-order chi connectivity index (χ0) is 16.8. The minimum Gasteiger partial charge on any atom is -0.377 e. The Labute approximate surface area is 145 Å². The van der Waals surface area contributed by atoms with Crippen LogP contribution < -0.4 is 5.32 Å². The fourth-order valence-corrected chi connectivity index (χ4v) is 4.28. The molecule has 1 aliphatic carbocycles. The molecule has 0 unspecified atom stereocenters. The lowest BCUT2D eigenvalue weighted by Crippen LogP contribution is -2.29. The van der Waals surface area contributed by atoms with Crippen molar-refractivity contribution in [2.45, 2.75) is 25.3 Å². The van der Waals surface area contributed by atoms with Crippen molar-refractivity contribution in [3.05, 3.63) is 80.4 Å². The van der Waals surface area contributed by atoms with Crippen molar-refractivity contribution in [2.24, 2.45) is 5.92 Å². The summed E-state index contributed by atoms with van der Waals surface area (Å²) < 4.78 is 0. The zero-order valence-electron chi connectivity index (χ0n) is 13.2. The molecule has 24 heavy (non-hydrogen) atoms. The van der Waals surface area contributed by atoms with Gasteiger partial charge in [0.05, 0.1) is 11.0 Å². The molecule has 122 valence electrons. The molecule has 0 spiro atoms. The van der Waals surface area contributed by atoms with Gasteiger partial charge in [0.1, 0.15) is 0 Å². The number of benzene rings is 2. The molecule has 2 aromatic rings. The number of aryl methyl sites for hydroxylation is 1. The molecule has 2 aliphatic rings. The Balaban J connectivity index is 1.81. The van der Waals surface area contributed by atoms with E-state index in [4.69, 9.17) is 11.6 Å². The third-order valence-corrected chi connectivity index (χ3v) is 5.29. The highest BCUT2D eigenvalue weighted by Gasteiger charge is 2.38. The lowest BCUT2D eigenvalue weighted by atomic mass is 9.76. The van der Waals surface area contributed by atoms with Crippen molar-refractivity contribution in [1.82, 2.24) is 0 Å². The largest absolute Gasteiger partial charge is 0.377 e. The number of fused-ring (bicyclic) bond motifs is 3. The molecular formula is C19H17ClN2O2. The predicted molar refractivity (Wildman–Crippen MR) is 95.6 cm³/mol. The first-order valence-electron chi connectivity index (χ1n) is 8.02. The number of halogens is 1. The number of non-ortho nitro benzene ring substituents is 1. The van der Waals surface area contributed by atoms with Crippen LogP contribution in [0.1, 0.15) is 35.1 Å². The molecular weight excluding hydrogens is 324 g/mol. The van der Waals surface area contributed by atoms with E-state index < -0.39 is 0 Å². The van der Waals surface area contributed by atoms with Gasteiger partial charge < -0.3 is 5.32 Å². The van der Waals surface area contributed by atoms with Gasteiger partial charge in [0, 0.05) is 28.8 Å². The minimum absolute atomic E-state index is 0.0530. The lowest BCUT2D eigenvalue weighted by molar-refractivity contribution is -0.384. The van der Waals surface area contributed by atoms with E-state index in [2.05, 4.69) is 17.5 Å². The van der Waals surface area contributed by atoms with E-state index in [1.165, 1.54) is 11.6 Å². The van der Waals surface area contributed by atoms with Crippen molar-refractivity contribution >= 4 is 23.0 Å². The van der Waals surface area contributed by atoms with Crippen LogP contribution in [0, 0.1) is 23.0 Å². The smallest absolute Gasteiger partial charge is 0.269 e. The summed E-state index contributed by atoms with van der Waals surface area (Å²) in [6, 6.07) is 11.0. The van der Waals surface area contributed by atoms with Crippen LogP contribution in [0.5, 0.6) is 0 Å². The topological polar surface area (TPSA) is 55.2 Å². The SMILES string of the molecule is Cc1cc(Cl)cc2c1N[C@H](c1cccc([N+](=O)[O-])c1)[C@@H]1CC=C[C@@H]21. The van der Waals surface area contributed by atoms with Crippen molar-refractivity contribution in [2.75, 3.05) is 5.32 Å². The molecule has 0 bridgehead atoms. The molecule has 1 N–H and O–H groups in total. The van der Waals surface area contributed by atoms with E-state index in [9.17, 15) is 10.1 Å². The molecule has 0 fully saturated rings. The summed E-state index contributed by atoms with van der Waals surface area (Å²) in [6.45, 7) is 2.04. The van der Waals surface area contributed by atoms with Gasteiger partial charge in [0.15, 0.2) is 0 Å². The van der Waals surface area contributed by atoms with Crippen LogP contribution in [0.4, 0.5) is 11.4 Å². The van der Waals surface area contributed by atoms with Gasteiger partial charge in [0.2, 0.25) is 0 Å². The summed E-state index contributed by atoms with van der Waals surface area (Å²) in [4.78, 5) is 10.8. The number of nitro groups is 1. The molecule has 4 rings (SSSR count). The van der Waals surface area contributed by atoms with Crippen LogP contribution in [0.2, 0.25) is 5.02 Å². The summed E-state index contributed by atoms with van der Waals surface area (Å²) in [5.74, 6) is 0.639. The zero-order valence-corrected chi connectivity index (χ0v) is 14.0. The van der Waals surface area contributed by atoms with Gasteiger partial charge in [0.25, 0.3) is 5.69 Å². The third kappa shape index (κ3) is 2.38. The van der Waals surface area contributed by atoms with Gasteiger partial charge in [-0.15, -0.1) is 0 Å². The van der Waals surface area contributed by atoms with Crippen molar-refractivity contribution < 1.29 is 4.92 Å². The van der Waals surface area contributed by atoms with Gasteiger partial charge >= 0.3 is 0 Å². The standard InChI is InChI=1S/C19H17ClN2O2/c1-11-8-13(20)10-17-15-6-3-7-16(15)19(21-18(11)17)12-4-2-5-14(9-12)22(23)24/h2-6,8-10,15-16,19,21H,7H2,1H3/t15-,16-,19-/m1/s1. The Morgan fingerprint density at radius 2 is 2.12 bits per heavy atom. The van der Waals surface area contributed by atoms with Gasteiger partial charge in [-0.2, -0.15) is 0 Å². The second-order valence-electron chi connectivity index (χ2n) is 6.51. The number of allylic oxidation sites excluding steroid dienone is 2. The van der Waals surface area contributed by atoms with Crippen LogP contribution in [-0.4, -0.2) is 4.92 Å². The molecule has 0 aromatic heterocycles. The molecule has 3 atom stereocenters. The summed E-state index contributed by atoms with van der Waals surface area (Å²) in [6.07, 6.45) is 5.40. The number of anilines is 1. The van der Waals surface area contributed by atoms with Crippen LogP contribution in [0.3, 0.4) is 0 Å². The monoisotopic (exact) mass is 340 g/mol. The van der Waals surface area contributed by atoms with Gasteiger partial charge in [-0.3, -0.25) is 10.1 Å². The van der Waals surface area contributed by atoms with Crippen LogP contribution in [0.25, 0.3) is 0 Å². The Morgan fingerprint density at radius 3 is 2.92 bits per heavy atom. The van der Waals surface area contributed by atoms with Gasteiger partial charge in [-0.25, -0.2) is 0 Å². The molecule has 1 heterocycles. The number of nitrogens with zero attached hydrogens (tertiary/aromatic N) is 1. The second-order valence-corrected chi connectivity index (χ2v) is 6.95. The maximum Gasteiger partial charge on any atom is 0.269 e. The molecule has 0 radical (unpaired) electrons. The summed E-state index contributed by atoms with van der Waals surface area (Å²) in [7, 11) is 0. The molecule has 4 nitrogen and oxygen atoms in total. The first-order valence-corrected chi connectivity index (χ1v) is 8.40. The van der Waals surface area contributed by atoms with Crippen molar-refractivity contribution in [3.63, 3.8) is 0 Å². The van der Waals surface area contributed by atoms with Crippen LogP contribution in [0.15, 0.2) is 48.6 Å². The van der Waals surface area contributed by atoms with Gasteiger partial charge in [-0.05, 0) is 48.1 Å². The molecule has 0 saturated heterocycles. The van der Waals surface area contributed by atoms with E-state index in [0.717, 1.165) is 28.3 Å². The van der Waals surface area contributed by atoms with Crippen LogP contribution >= 0.6 is 11.6 Å². The highest BCUT2D eigenvalue weighted by molar-refractivity contribution is 6.30. The molecule has 0 amide bonds. The normalized spacial score (nSPS) is 24.2. The number of nitro benzene ring substituents is 1. The minimum atomic E-state index is -0.338. The lowest BCUT2D eigenvalue weighted by Gasteiger charge is -2.38. The molecule has 2 aromatic carbocycles. The Bertz CT molecular complexity index is 862. The maximum absolute atomic E-state index is 11.1. The van der Waals surface area contributed by atoms with E-state index >= 15 is 0 Å². The first-order chi connectivity index (χ1) is 11.5. The van der Waals surface area contributed by atoms with E-state index in [1.807, 2.05) is 25.1 Å². The molecule has 0 saturated carbocycles. The summed E-state index contributed by atoms with van der Waals surface area (Å²) in [5, 5.41) is 15.5. The van der Waals surface area contributed by atoms with E-state index in [-0.39, 0.29) is 16.7 Å². The maximum atomic E-state index is 11.1.